The van der Waals surface area contributed by atoms with Crippen molar-refractivity contribution in [2.45, 2.75) is 37.6 Å². The van der Waals surface area contributed by atoms with Crippen LogP contribution in [0.4, 0.5) is 0 Å². The van der Waals surface area contributed by atoms with Crippen LogP contribution >= 0.6 is 0 Å². The van der Waals surface area contributed by atoms with Crippen LogP contribution < -0.4 is 10.0 Å². The number of hydrogen-bond donors (Lipinski definition) is 2. The highest BCUT2D eigenvalue weighted by molar-refractivity contribution is 7.89. The lowest BCUT2D eigenvalue weighted by Gasteiger charge is -2.21. The molecule has 0 heterocycles. The van der Waals surface area contributed by atoms with E-state index in [9.17, 15) is 8.42 Å². The number of sulfonamides is 1. The molecule has 1 aliphatic rings. The Morgan fingerprint density at radius 2 is 1.95 bits per heavy atom. The summed E-state index contributed by atoms with van der Waals surface area (Å²) in [5.74, 6) is 0.760. The largest absolute Gasteiger partial charge is 0.313 e. The van der Waals surface area contributed by atoms with Crippen LogP contribution in [-0.2, 0) is 10.0 Å². The maximum atomic E-state index is 11.3. The van der Waals surface area contributed by atoms with E-state index in [1.54, 1.807) is 0 Å². The van der Waals surface area contributed by atoms with Gasteiger partial charge < -0.3 is 5.32 Å². The van der Waals surface area contributed by atoms with Crippen LogP contribution in [0.3, 0.4) is 0 Å². The molecule has 0 radical (unpaired) electrons. The van der Waals surface area contributed by atoms with Crippen molar-refractivity contribution in [1.29, 1.82) is 0 Å². The lowest BCUT2D eigenvalue weighted by atomic mass is 9.94. The van der Waals surface area contributed by atoms with E-state index >= 15 is 0 Å². The van der Waals surface area contributed by atoms with Crippen LogP contribution in [-0.4, -0.2) is 33.8 Å². The molecule has 0 amide bonds. The van der Waals surface area contributed by atoms with Crippen molar-refractivity contribution in [2.24, 2.45) is 0 Å². The van der Waals surface area contributed by atoms with Crippen molar-refractivity contribution >= 4 is 10.0 Å². The maximum Gasteiger partial charge on any atom is 0.211 e. The van der Waals surface area contributed by atoms with Gasteiger partial charge in [0.1, 0.15) is 0 Å². The average molecular weight is 296 g/mol. The summed E-state index contributed by atoms with van der Waals surface area (Å²) in [4.78, 5) is 0. The summed E-state index contributed by atoms with van der Waals surface area (Å²) >= 11 is 0. The fourth-order valence-corrected chi connectivity index (χ4v) is 3.68. The van der Waals surface area contributed by atoms with Crippen molar-refractivity contribution in [3.63, 3.8) is 0 Å². The van der Waals surface area contributed by atoms with Crippen molar-refractivity contribution in [2.75, 3.05) is 19.3 Å². The third kappa shape index (κ3) is 4.30. The van der Waals surface area contributed by atoms with Crippen LogP contribution in [0, 0.1) is 0 Å². The first-order valence-electron chi connectivity index (χ1n) is 7.32. The normalized spacial score (nSPS) is 23.1. The van der Waals surface area contributed by atoms with Gasteiger partial charge in [-0.05, 0) is 44.3 Å². The van der Waals surface area contributed by atoms with E-state index in [4.69, 9.17) is 0 Å². The summed E-state index contributed by atoms with van der Waals surface area (Å²) in [7, 11) is -1.61. The molecule has 1 aromatic carbocycles. The summed E-state index contributed by atoms with van der Waals surface area (Å²) in [5.41, 5.74) is 1.39. The fraction of sp³-hybridized carbons (Fsp3) is 0.600. The number of nitrogens with one attached hydrogen (secondary N) is 2. The fourth-order valence-electron chi connectivity index (χ4n) is 2.96. The SMILES string of the molecule is CNS(=O)(=O)CCCN[C@@H]1CCC[C@@H]1c1ccccc1. The summed E-state index contributed by atoms with van der Waals surface area (Å²) in [5, 5.41) is 3.53. The second kappa shape index (κ2) is 7.20. The van der Waals surface area contributed by atoms with E-state index in [-0.39, 0.29) is 5.75 Å². The Labute approximate surface area is 122 Å². The highest BCUT2D eigenvalue weighted by atomic mass is 32.2. The molecule has 1 aliphatic carbocycles. The van der Waals surface area contributed by atoms with Gasteiger partial charge in [0.15, 0.2) is 0 Å². The van der Waals surface area contributed by atoms with Gasteiger partial charge in [-0.2, -0.15) is 0 Å². The van der Waals surface area contributed by atoms with Crippen molar-refractivity contribution < 1.29 is 8.42 Å². The first-order chi connectivity index (χ1) is 9.62. The van der Waals surface area contributed by atoms with E-state index in [0.717, 1.165) is 6.54 Å². The molecule has 20 heavy (non-hydrogen) atoms. The predicted octanol–water partition coefficient (Wildman–Crippen LogP) is 1.85. The van der Waals surface area contributed by atoms with E-state index < -0.39 is 10.0 Å². The summed E-state index contributed by atoms with van der Waals surface area (Å²) in [6, 6.07) is 11.1. The van der Waals surface area contributed by atoms with E-state index in [1.165, 1.54) is 31.9 Å². The molecular formula is C15H24N2O2S. The van der Waals surface area contributed by atoms with Crippen molar-refractivity contribution in [1.82, 2.24) is 10.0 Å². The van der Waals surface area contributed by atoms with Crippen LogP contribution in [0.5, 0.6) is 0 Å². The second-order valence-electron chi connectivity index (χ2n) is 5.39. The maximum absolute atomic E-state index is 11.3. The molecule has 0 saturated heterocycles. The standard InChI is InChI=1S/C15H24N2O2S/c1-16-20(18,19)12-6-11-17-15-10-5-9-14(15)13-7-3-2-4-8-13/h2-4,7-8,14-17H,5-6,9-12H2,1H3/t14-,15-/m1/s1. The van der Waals surface area contributed by atoms with Gasteiger partial charge in [-0.15, -0.1) is 0 Å². The smallest absolute Gasteiger partial charge is 0.211 e. The van der Waals surface area contributed by atoms with Gasteiger partial charge in [-0.1, -0.05) is 36.8 Å². The van der Waals surface area contributed by atoms with Crippen molar-refractivity contribution in [3.8, 4) is 0 Å². The molecule has 0 spiro atoms. The molecule has 112 valence electrons. The molecule has 2 N–H and O–H groups in total. The Bertz CT molecular complexity index is 502. The monoisotopic (exact) mass is 296 g/mol. The topological polar surface area (TPSA) is 58.2 Å². The quantitative estimate of drug-likeness (QED) is 0.755. The Morgan fingerprint density at radius 3 is 2.65 bits per heavy atom. The molecule has 2 atom stereocenters. The van der Waals surface area contributed by atoms with Crippen LogP contribution in [0.1, 0.15) is 37.2 Å². The zero-order chi connectivity index (χ0) is 14.4. The summed E-state index contributed by atoms with van der Waals surface area (Å²) < 4.78 is 25.0. The zero-order valence-electron chi connectivity index (χ0n) is 12.0. The summed E-state index contributed by atoms with van der Waals surface area (Å²) in [6.45, 7) is 0.759. The molecule has 5 heteroatoms. The molecule has 0 aliphatic heterocycles. The van der Waals surface area contributed by atoms with Gasteiger partial charge in [0.05, 0.1) is 5.75 Å². The molecule has 1 fully saturated rings. The molecule has 0 aromatic heterocycles. The minimum atomic E-state index is -3.07. The number of rotatable bonds is 7. The Kier molecular flexibility index (Phi) is 5.57. The van der Waals surface area contributed by atoms with Gasteiger partial charge in [-0.3, -0.25) is 0 Å². The minimum Gasteiger partial charge on any atom is -0.313 e. The highest BCUT2D eigenvalue weighted by Gasteiger charge is 2.27. The number of hydrogen-bond acceptors (Lipinski definition) is 3. The third-order valence-corrected chi connectivity index (χ3v) is 5.50. The second-order valence-corrected chi connectivity index (χ2v) is 7.43. The van der Waals surface area contributed by atoms with Gasteiger partial charge in [-0.25, -0.2) is 13.1 Å². The Morgan fingerprint density at radius 1 is 1.20 bits per heavy atom. The first-order valence-corrected chi connectivity index (χ1v) is 8.97. The molecule has 1 aromatic rings. The van der Waals surface area contributed by atoms with Gasteiger partial charge in [0, 0.05) is 6.04 Å². The molecule has 0 bridgehead atoms. The average Bonchev–Trinajstić information content (AvgIpc) is 2.93. The predicted molar refractivity (Wildman–Crippen MR) is 82.3 cm³/mol. The third-order valence-electron chi connectivity index (χ3n) is 4.05. The van der Waals surface area contributed by atoms with Crippen LogP contribution in [0.2, 0.25) is 0 Å². The van der Waals surface area contributed by atoms with Crippen LogP contribution in [0.15, 0.2) is 30.3 Å². The van der Waals surface area contributed by atoms with E-state index in [1.807, 2.05) is 6.07 Å². The van der Waals surface area contributed by atoms with Gasteiger partial charge in [0.25, 0.3) is 0 Å². The zero-order valence-corrected chi connectivity index (χ0v) is 12.8. The Balaban J connectivity index is 1.81. The van der Waals surface area contributed by atoms with E-state index in [0.29, 0.717) is 18.4 Å². The molecule has 0 unspecified atom stereocenters. The molecular weight excluding hydrogens is 272 g/mol. The van der Waals surface area contributed by atoms with Gasteiger partial charge in [0.2, 0.25) is 10.0 Å². The van der Waals surface area contributed by atoms with E-state index in [2.05, 4.69) is 34.3 Å². The van der Waals surface area contributed by atoms with Crippen molar-refractivity contribution in [3.05, 3.63) is 35.9 Å². The number of benzene rings is 1. The lowest BCUT2D eigenvalue weighted by molar-refractivity contribution is 0.477. The minimum absolute atomic E-state index is 0.194. The van der Waals surface area contributed by atoms with Crippen LogP contribution in [0.25, 0.3) is 0 Å². The van der Waals surface area contributed by atoms with Gasteiger partial charge >= 0.3 is 0 Å². The molecule has 2 rings (SSSR count). The Hall–Kier alpha value is -0.910. The highest BCUT2D eigenvalue weighted by Crippen LogP contribution is 2.34. The first kappa shape index (κ1) is 15.5. The summed E-state index contributed by atoms with van der Waals surface area (Å²) in [6.07, 6.45) is 4.29. The molecule has 1 saturated carbocycles. The molecule has 4 nitrogen and oxygen atoms in total. The lowest BCUT2D eigenvalue weighted by Crippen LogP contribution is -2.33.